The maximum Gasteiger partial charge on any atom is 0.319 e. The topological polar surface area (TPSA) is 65.5 Å². The van der Waals surface area contributed by atoms with Gasteiger partial charge in [0, 0.05) is 24.4 Å². The summed E-state index contributed by atoms with van der Waals surface area (Å²) in [6.07, 6.45) is 6.65. The van der Waals surface area contributed by atoms with E-state index in [0.717, 1.165) is 19.3 Å². The van der Waals surface area contributed by atoms with Gasteiger partial charge in [0.25, 0.3) is 0 Å². The zero-order valence-electron chi connectivity index (χ0n) is 13.6. The van der Waals surface area contributed by atoms with Gasteiger partial charge in [-0.3, -0.25) is 9.69 Å². The maximum absolute atomic E-state index is 12.0. The van der Waals surface area contributed by atoms with Crippen molar-refractivity contribution >= 4 is 23.3 Å². The summed E-state index contributed by atoms with van der Waals surface area (Å²) >= 11 is 1.84. The fourth-order valence-corrected chi connectivity index (χ4v) is 4.27. The second kappa shape index (κ2) is 7.29. The molecule has 3 amide bonds. The molecule has 6 nitrogen and oxygen atoms in total. The van der Waals surface area contributed by atoms with Crippen molar-refractivity contribution in [2.45, 2.75) is 45.4 Å². The highest BCUT2D eigenvalue weighted by Crippen LogP contribution is 2.27. The van der Waals surface area contributed by atoms with E-state index in [0.29, 0.717) is 19.8 Å². The molecule has 1 aliphatic heterocycles. The normalized spacial score (nSPS) is 17.5. The van der Waals surface area contributed by atoms with Gasteiger partial charge in [0.2, 0.25) is 5.91 Å². The van der Waals surface area contributed by atoms with Gasteiger partial charge in [0.1, 0.15) is 6.54 Å². The van der Waals surface area contributed by atoms with Crippen LogP contribution in [0, 0.1) is 0 Å². The molecule has 2 aliphatic rings. The lowest BCUT2D eigenvalue weighted by Gasteiger charge is -2.17. The average Bonchev–Trinajstić information content (AvgIpc) is 3.14. The van der Waals surface area contributed by atoms with Crippen LogP contribution in [0.1, 0.15) is 41.8 Å². The Morgan fingerprint density at radius 2 is 2.17 bits per heavy atom. The van der Waals surface area contributed by atoms with E-state index in [1.165, 1.54) is 34.8 Å². The van der Waals surface area contributed by atoms with Crippen molar-refractivity contribution < 1.29 is 9.59 Å². The Bertz CT molecular complexity index is 563. The third-order valence-electron chi connectivity index (χ3n) is 4.42. The van der Waals surface area contributed by atoms with Crippen molar-refractivity contribution in [2.75, 3.05) is 26.3 Å². The van der Waals surface area contributed by atoms with Crippen LogP contribution in [0.4, 0.5) is 4.79 Å². The Balaban J connectivity index is 1.39. The van der Waals surface area contributed by atoms with Gasteiger partial charge in [0.05, 0.1) is 17.4 Å². The van der Waals surface area contributed by atoms with Crippen LogP contribution in [0.25, 0.3) is 0 Å². The highest BCUT2D eigenvalue weighted by atomic mass is 32.1. The van der Waals surface area contributed by atoms with Crippen LogP contribution in [0.5, 0.6) is 0 Å². The summed E-state index contributed by atoms with van der Waals surface area (Å²) in [4.78, 5) is 33.1. The molecule has 0 spiro atoms. The van der Waals surface area contributed by atoms with Crippen molar-refractivity contribution in [3.63, 3.8) is 0 Å². The molecule has 0 bridgehead atoms. The molecule has 2 heterocycles. The fourth-order valence-electron chi connectivity index (χ4n) is 3.07. The molecule has 1 N–H and O–H groups in total. The molecule has 1 aliphatic carbocycles. The fraction of sp³-hybridized carbons (Fsp3) is 0.688. The van der Waals surface area contributed by atoms with Crippen LogP contribution < -0.4 is 5.32 Å². The van der Waals surface area contributed by atoms with Gasteiger partial charge in [-0.05, 0) is 39.0 Å². The van der Waals surface area contributed by atoms with Gasteiger partial charge in [0.15, 0.2) is 0 Å². The summed E-state index contributed by atoms with van der Waals surface area (Å²) < 4.78 is 0. The molecule has 1 fully saturated rings. The molecule has 0 saturated carbocycles. The highest BCUT2D eigenvalue weighted by molar-refractivity contribution is 7.11. The number of hydrogen-bond acceptors (Lipinski definition) is 4. The SMILES string of the molecule is CCN1CN(C(=O)NCCCc2nc3c(s2)CCCC3)CC1=O. The van der Waals surface area contributed by atoms with Crippen LogP contribution >= 0.6 is 11.3 Å². The van der Waals surface area contributed by atoms with Crippen LogP contribution in [0.3, 0.4) is 0 Å². The quantitative estimate of drug-likeness (QED) is 0.834. The van der Waals surface area contributed by atoms with Gasteiger partial charge in [-0.25, -0.2) is 9.78 Å². The van der Waals surface area contributed by atoms with Crippen molar-refractivity contribution in [2.24, 2.45) is 0 Å². The maximum atomic E-state index is 12.0. The Labute approximate surface area is 140 Å². The van der Waals surface area contributed by atoms with E-state index >= 15 is 0 Å². The zero-order chi connectivity index (χ0) is 16.2. The van der Waals surface area contributed by atoms with Crippen LogP contribution in [-0.4, -0.2) is 53.0 Å². The molecule has 7 heteroatoms. The lowest BCUT2D eigenvalue weighted by Crippen LogP contribution is -2.40. The number of thiazole rings is 1. The van der Waals surface area contributed by atoms with Crippen molar-refractivity contribution in [3.8, 4) is 0 Å². The van der Waals surface area contributed by atoms with E-state index in [4.69, 9.17) is 4.98 Å². The largest absolute Gasteiger partial charge is 0.338 e. The van der Waals surface area contributed by atoms with Crippen LogP contribution in [0.15, 0.2) is 0 Å². The second-order valence-corrected chi connectivity index (χ2v) is 7.28. The molecule has 0 atom stereocenters. The standard InChI is InChI=1S/C16H24N4O2S/c1-2-19-11-20(10-15(19)21)16(22)17-9-5-8-14-18-12-6-3-4-7-13(12)23-14/h2-11H2,1H3,(H,17,22). The lowest BCUT2D eigenvalue weighted by molar-refractivity contribution is -0.126. The zero-order valence-corrected chi connectivity index (χ0v) is 14.5. The third kappa shape index (κ3) is 3.83. The molecule has 23 heavy (non-hydrogen) atoms. The molecule has 0 radical (unpaired) electrons. The predicted molar refractivity (Wildman–Crippen MR) is 89.4 cm³/mol. The summed E-state index contributed by atoms with van der Waals surface area (Å²) in [6.45, 7) is 3.80. The van der Waals surface area contributed by atoms with E-state index in [2.05, 4.69) is 5.32 Å². The number of amides is 3. The van der Waals surface area contributed by atoms with E-state index in [1.807, 2.05) is 18.3 Å². The minimum Gasteiger partial charge on any atom is -0.338 e. The Morgan fingerprint density at radius 1 is 1.35 bits per heavy atom. The summed E-state index contributed by atoms with van der Waals surface area (Å²) in [6, 6.07) is -0.146. The number of carbonyl (C=O) groups is 2. The first kappa shape index (κ1) is 16.2. The number of aromatic nitrogens is 1. The molecule has 1 saturated heterocycles. The summed E-state index contributed by atoms with van der Waals surface area (Å²) in [5.74, 6) is 0.0241. The number of hydrogen-bond donors (Lipinski definition) is 1. The van der Waals surface area contributed by atoms with Crippen LogP contribution in [0.2, 0.25) is 0 Å². The van der Waals surface area contributed by atoms with Gasteiger partial charge in [-0.15, -0.1) is 11.3 Å². The van der Waals surface area contributed by atoms with Gasteiger partial charge >= 0.3 is 6.03 Å². The first-order valence-corrected chi connectivity index (χ1v) is 9.27. The summed E-state index contributed by atoms with van der Waals surface area (Å²) in [5, 5.41) is 4.10. The number of aryl methyl sites for hydroxylation is 3. The van der Waals surface area contributed by atoms with Crippen molar-refractivity contribution in [3.05, 3.63) is 15.6 Å². The smallest absolute Gasteiger partial charge is 0.319 e. The summed E-state index contributed by atoms with van der Waals surface area (Å²) in [7, 11) is 0. The Kier molecular flexibility index (Phi) is 5.15. The number of likely N-dealkylation sites (N-methyl/N-ethyl adjacent to an activating group) is 1. The number of fused-ring (bicyclic) bond motifs is 1. The average molecular weight is 336 g/mol. The van der Waals surface area contributed by atoms with E-state index < -0.39 is 0 Å². The highest BCUT2D eigenvalue weighted by Gasteiger charge is 2.29. The van der Waals surface area contributed by atoms with Gasteiger partial charge < -0.3 is 10.2 Å². The third-order valence-corrected chi connectivity index (χ3v) is 5.64. The molecular formula is C16H24N4O2S. The monoisotopic (exact) mass is 336 g/mol. The second-order valence-electron chi connectivity index (χ2n) is 6.11. The van der Waals surface area contributed by atoms with Crippen LogP contribution in [-0.2, 0) is 24.1 Å². The number of urea groups is 1. The molecule has 0 unspecified atom stereocenters. The molecule has 126 valence electrons. The first-order chi connectivity index (χ1) is 11.2. The predicted octanol–water partition coefficient (Wildman–Crippen LogP) is 1.79. The minimum atomic E-state index is -0.146. The molecule has 1 aromatic heterocycles. The molecule has 0 aromatic carbocycles. The summed E-state index contributed by atoms with van der Waals surface area (Å²) in [5.41, 5.74) is 1.30. The first-order valence-electron chi connectivity index (χ1n) is 8.45. The number of nitrogens with zero attached hydrogens (tertiary/aromatic N) is 3. The van der Waals surface area contributed by atoms with E-state index in [-0.39, 0.29) is 18.5 Å². The van der Waals surface area contributed by atoms with E-state index in [1.54, 1.807) is 9.80 Å². The number of nitrogens with one attached hydrogen (secondary N) is 1. The Hall–Kier alpha value is -1.63. The lowest BCUT2D eigenvalue weighted by atomic mass is 10.0. The van der Waals surface area contributed by atoms with Gasteiger partial charge in [-0.1, -0.05) is 0 Å². The van der Waals surface area contributed by atoms with E-state index in [9.17, 15) is 9.59 Å². The van der Waals surface area contributed by atoms with Crippen molar-refractivity contribution in [1.29, 1.82) is 0 Å². The number of rotatable bonds is 5. The molecule has 3 rings (SSSR count). The molecular weight excluding hydrogens is 312 g/mol. The Morgan fingerprint density at radius 3 is 2.91 bits per heavy atom. The van der Waals surface area contributed by atoms with Gasteiger partial charge in [-0.2, -0.15) is 0 Å². The minimum absolute atomic E-state index is 0.0241. The van der Waals surface area contributed by atoms with Crippen molar-refractivity contribution in [1.82, 2.24) is 20.1 Å². The number of carbonyl (C=O) groups excluding carboxylic acids is 2. The molecule has 1 aromatic rings.